The molecule has 0 saturated heterocycles. The standard InChI is InChI=1S/C26H29ClF4N5O2S/c1-36(2,37)23-12-17(16-5-4-6-18(11-16)26(29,30)31)7-8-21(23)34-22-14-20(28)24(13-19(22)27)39(3,38)35-25-9-10-32-15-33-25/h4-6,9-11,13-15,17,21,23,34,37H,3,7-8,12H2,1-2H3,(H,32,33,35,38)/q+1/t17-,21?,23?,39?/m0/s1. The van der Waals surface area contributed by atoms with Crippen molar-refractivity contribution in [1.82, 2.24) is 9.97 Å². The number of alkyl halides is 3. The summed E-state index contributed by atoms with van der Waals surface area (Å²) in [6.07, 6.45) is -0.364. The minimum atomic E-state index is -4.45. The first kappa shape index (κ1) is 29.1. The smallest absolute Gasteiger partial charge is 0.375 e. The highest BCUT2D eigenvalue weighted by Crippen LogP contribution is 2.40. The Labute approximate surface area is 229 Å². The highest BCUT2D eigenvalue weighted by molar-refractivity contribution is 8.01. The quantitative estimate of drug-likeness (QED) is 0.137. The zero-order valence-corrected chi connectivity index (χ0v) is 22.8. The second-order valence-electron chi connectivity index (χ2n) is 10.1. The van der Waals surface area contributed by atoms with E-state index < -0.39 is 38.0 Å². The number of hydrogen-bond acceptors (Lipinski definition) is 5. The van der Waals surface area contributed by atoms with Crippen LogP contribution in [0.15, 0.2) is 59.9 Å². The Morgan fingerprint density at radius 3 is 2.56 bits per heavy atom. The molecule has 0 amide bonds. The number of nitrogens with zero attached hydrogens (tertiary/aromatic N) is 3. The second-order valence-corrected chi connectivity index (χ2v) is 12.5. The van der Waals surface area contributed by atoms with Crippen molar-refractivity contribution in [1.29, 1.82) is 0 Å². The first-order chi connectivity index (χ1) is 18.1. The van der Waals surface area contributed by atoms with Crippen molar-refractivity contribution in [3.05, 3.63) is 77.0 Å². The summed E-state index contributed by atoms with van der Waals surface area (Å²) < 4.78 is 70.3. The van der Waals surface area contributed by atoms with Crippen molar-refractivity contribution in [3.8, 4) is 0 Å². The first-order valence-corrected chi connectivity index (χ1v) is 14.2. The molecule has 1 aliphatic rings. The van der Waals surface area contributed by atoms with Crippen LogP contribution in [0.4, 0.5) is 29.1 Å². The number of hydroxylamine groups is 3. The van der Waals surface area contributed by atoms with E-state index >= 15 is 4.39 Å². The first-order valence-electron chi connectivity index (χ1n) is 12.1. The second kappa shape index (κ2) is 10.9. The normalized spacial score (nSPS) is 21.7. The van der Waals surface area contributed by atoms with E-state index in [-0.39, 0.29) is 33.4 Å². The zero-order valence-electron chi connectivity index (χ0n) is 21.3. The SMILES string of the molecule is C=S(=O)(Nc1ccncn1)c1cc(Cl)c(NC2CC[C@H](c3cccc(C(F)(F)F)c3)CC2[N+](C)(C)O)cc1F. The average molecular weight is 587 g/mol. The lowest BCUT2D eigenvalue weighted by Crippen LogP contribution is -2.56. The molecule has 39 heavy (non-hydrogen) atoms. The third-order valence-corrected chi connectivity index (χ3v) is 8.76. The van der Waals surface area contributed by atoms with Crippen LogP contribution in [0.25, 0.3) is 0 Å². The van der Waals surface area contributed by atoms with E-state index in [1.54, 1.807) is 20.2 Å². The van der Waals surface area contributed by atoms with Crippen molar-refractivity contribution >= 4 is 38.7 Å². The third kappa shape index (κ3) is 6.81. The van der Waals surface area contributed by atoms with Gasteiger partial charge in [0.05, 0.1) is 51.0 Å². The zero-order chi connectivity index (χ0) is 28.6. The summed E-state index contributed by atoms with van der Waals surface area (Å²) in [7, 11) is -0.195. The fraction of sp³-hybridized carbons (Fsp3) is 0.346. The van der Waals surface area contributed by atoms with E-state index in [4.69, 9.17) is 11.6 Å². The molecule has 0 aliphatic heterocycles. The fourth-order valence-electron chi connectivity index (χ4n) is 4.95. The van der Waals surface area contributed by atoms with Crippen molar-refractivity contribution in [2.24, 2.45) is 0 Å². The van der Waals surface area contributed by atoms with E-state index in [1.165, 1.54) is 30.7 Å². The van der Waals surface area contributed by atoms with Crippen LogP contribution in [-0.2, 0) is 15.9 Å². The van der Waals surface area contributed by atoms with Gasteiger partial charge in [-0.3, -0.25) is 4.72 Å². The highest BCUT2D eigenvalue weighted by Gasteiger charge is 2.42. The fourth-order valence-corrected chi connectivity index (χ4v) is 6.49. The van der Waals surface area contributed by atoms with Gasteiger partial charge < -0.3 is 5.32 Å². The average Bonchev–Trinajstić information content (AvgIpc) is 2.85. The minimum Gasteiger partial charge on any atom is -0.375 e. The molecule has 0 bridgehead atoms. The van der Waals surface area contributed by atoms with Gasteiger partial charge in [0.2, 0.25) is 0 Å². The van der Waals surface area contributed by atoms with Crippen LogP contribution < -0.4 is 10.0 Å². The molecule has 4 rings (SSSR count). The van der Waals surface area contributed by atoms with Gasteiger partial charge in [-0.2, -0.15) is 17.8 Å². The van der Waals surface area contributed by atoms with Crippen LogP contribution in [0.3, 0.4) is 0 Å². The molecule has 1 saturated carbocycles. The van der Waals surface area contributed by atoms with E-state index in [1.807, 2.05) is 0 Å². The molecule has 1 heterocycles. The largest absolute Gasteiger partial charge is 0.416 e. The van der Waals surface area contributed by atoms with Crippen molar-refractivity contribution in [2.45, 2.75) is 48.3 Å². The molecule has 0 radical (unpaired) electrons. The molecule has 210 valence electrons. The summed E-state index contributed by atoms with van der Waals surface area (Å²) in [5.41, 5.74) is 0.0701. The van der Waals surface area contributed by atoms with Gasteiger partial charge in [0.25, 0.3) is 0 Å². The van der Waals surface area contributed by atoms with Crippen LogP contribution in [-0.4, -0.2) is 56.1 Å². The van der Waals surface area contributed by atoms with E-state index in [0.717, 1.165) is 18.2 Å². The number of nitrogens with one attached hydrogen (secondary N) is 2. The molecule has 2 aromatic carbocycles. The van der Waals surface area contributed by atoms with Gasteiger partial charge in [-0.25, -0.2) is 23.8 Å². The molecule has 4 atom stereocenters. The number of hydrogen-bond donors (Lipinski definition) is 3. The number of quaternary nitrogens is 1. The maximum Gasteiger partial charge on any atom is 0.416 e. The van der Waals surface area contributed by atoms with Crippen LogP contribution in [0.1, 0.15) is 36.3 Å². The lowest BCUT2D eigenvalue weighted by Gasteiger charge is -2.42. The molecule has 3 N–H and O–H groups in total. The van der Waals surface area contributed by atoms with Crippen molar-refractivity contribution in [2.75, 3.05) is 24.1 Å². The lowest BCUT2D eigenvalue weighted by molar-refractivity contribution is -1.09. The summed E-state index contributed by atoms with van der Waals surface area (Å²) in [6.45, 7) is 0. The van der Waals surface area contributed by atoms with E-state index in [9.17, 15) is 22.6 Å². The van der Waals surface area contributed by atoms with E-state index in [2.05, 4.69) is 25.9 Å². The topological polar surface area (TPSA) is 87.1 Å². The van der Waals surface area contributed by atoms with Crippen LogP contribution >= 0.6 is 11.6 Å². The number of rotatable bonds is 7. The van der Waals surface area contributed by atoms with Crippen LogP contribution in [0.2, 0.25) is 5.02 Å². The summed E-state index contributed by atoms with van der Waals surface area (Å²) in [6, 6.07) is 8.23. The Hall–Kier alpha value is -2.93. The lowest BCUT2D eigenvalue weighted by atomic mass is 9.77. The molecule has 1 fully saturated rings. The Balaban J connectivity index is 1.56. The monoisotopic (exact) mass is 586 g/mol. The highest BCUT2D eigenvalue weighted by atomic mass is 35.5. The van der Waals surface area contributed by atoms with Gasteiger partial charge in [0, 0.05) is 12.6 Å². The maximum atomic E-state index is 15.2. The van der Waals surface area contributed by atoms with Gasteiger partial charge >= 0.3 is 6.18 Å². The molecular formula is C26H29ClF4N5O2S+. The number of benzene rings is 2. The van der Waals surface area contributed by atoms with Gasteiger partial charge in [0.15, 0.2) is 0 Å². The molecule has 1 aromatic heterocycles. The van der Waals surface area contributed by atoms with Crippen LogP contribution in [0.5, 0.6) is 0 Å². The molecule has 3 unspecified atom stereocenters. The molecule has 7 nitrogen and oxygen atoms in total. The Morgan fingerprint density at radius 2 is 1.92 bits per heavy atom. The molecule has 13 heteroatoms. The minimum absolute atomic E-state index is 0.0919. The predicted molar refractivity (Wildman–Crippen MR) is 144 cm³/mol. The number of anilines is 2. The van der Waals surface area contributed by atoms with Crippen molar-refractivity contribution in [3.63, 3.8) is 0 Å². The van der Waals surface area contributed by atoms with Gasteiger partial charge in [0.1, 0.15) is 24.0 Å². The summed E-state index contributed by atoms with van der Waals surface area (Å²) in [5, 5.41) is 14.2. The van der Waals surface area contributed by atoms with Crippen molar-refractivity contribution < 1.29 is 31.6 Å². The van der Waals surface area contributed by atoms with Gasteiger partial charge in [-0.1, -0.05) is 29.8 Å². The van der Waals surface area contributed by atoms with Crippen LogP contribution in [0, 0.1) is 5.82 Å². The Kier molecular flexibility index (Phi) is 8.13. The van der Waals surface area contributed by atoms with Gasteiger partial charge in [-0.15, -0.1) is 0 Å². The molecular weight excluding hydrogens is 558 g/mol. The maximum absolute atomic E-state index is 15.2. The van der Waals surface area contributed by atoms with Gasteiger partial charge in [-0.05, 0) is 54.5 Å². The summed E-state index contributed by atoms with van der Waals surface area (Å²) in [4.78, 5) is 7.46. The number of halogens is 5. The van der Waals surface area contributed by atoms with E-state index in [0.29, 0.717) is 24.8 Å². The molecule has 3 aromatic rings. The molecule has 0 spiro atoms. The summed E-state index contributed by atoms with van der Waals surface area (Å²) in [5.74, 6) is 2.80. The predicted octanol–water partition coefficient (Wildman–Crippen LogP) is 5.97. The number of aromatic nitrogens is 2. The third-order valence-electron chi connectivity index (χ3n) is 6.88. The number of likely N-dealkylation sites (N-methyl/N-ethyl adjacent to an activating group) is 1. The summed E-state index contributed by atoms with van der Waals surface area (Å²) >= 11 is 6.47. The Bertz CT molecular complexity index is 1430. The Morgan fingerprint density at radius 1 is 1.18 bits per heavy atom. The molecule has 1 aliphatic carbocycles.